The molecule has 0 saturated heterocycles. The zero-order chi connectivity index (χ0) is 19.6. The van der Waals surface area contributed by atoms with Gasteiger partial charge in [0.15, 0.2) is 5.75 Å². The van der Waals surface area contributed by atoms with Crippen molar-refractivity contribution in [3.63, 3.8) is 0 Å². The van der Waals surface area contributed by atoms with E-state index in [-0.39, 0.29) is 28.0 Å². The number of phenolic OH excluding ortho intramolecular Hbond substituents is 1. The van der Waals surface area contributed by atoms with Crippen LogP contribution in [0, 0.1) is 6.92 Å². The number of aliphatic carboxylic acids is 1. The molecular weight excluding hydrogens is 387 g/mol. The minimum atomic E-state index is -0.975. The number of benzene rings is 3. The maximum Gasteiger partial charge on any atom is 0.307 e. The normalized spacial score (nSPS) is 10.6. The first-order chi connectivity index (χ1) is 12.8. The number of carboxylic acids is 1. The summed E-state index contributed by atoms with van der Waals surface area (Å²) in [5.74, 6) is -0.177. The molecule has 6 heteroatoms. The average molecular weight is 403 g/mol. The molecule has 0 unspecified atom stereocenters. The summed E-state index contributed by atoms with van der Waals surface area (Å²) in [4.78, 5) is 10.9. The van der Waals surface area contributed by atoms with Gasteiger partial charge in [0.05, 0.1) is 16.5 Å². The first-order valence-electron chi connectivity index (χ1n) is 8.11. The Balaban J connectivity index is 1.93. The molecule has 3 rings (SSSR count). The van der Waals surface area contributed by atoms with E-state index in [0.717, 1.165) is 11.1 Å². The van der Waals surface area contributed by atoms with Gasteiger partial charge < -0.3 is 14.9 Å². The molecule has 0 bridgehead atoms. The van der Waals surface area contributed by atoms with Crippen molar-refractivity contribution in [1.29, 1.82) is 0 Å². The van der Waals surface area contributed by atoms with Gasteiger partial charge in [0.25, 0.3) is 0 Å². The summed E-state index contributed by atoms with van der Waals surface area (Å²) in [5.41, 5.74) is 3.06. The van der Waals surface area contributed by atoms with E-state index in [4.69, 9.17) is 33.0 Å². The van der Waals surface area contributed by atoms with Crippen LogP contribution in [0.2, 0.25) is 10.0 Å². The quantitative estimate of drug-likeness (QED) is 0.541. The van der Waals surface area contributed by atoms with E-state index < -0.39 is 5.97 Å². The number of hydrogen-bond acceptors (Lipinski definition) is 3. The van der Waals surface area contributed by atoms with Crippen molar-refractivity contribution >= 4 is 29.2 Å². The lowest BCUT2D eigenvalue weighted by Crippen LogP contribution is -2.00. The highest BCUT2D eigenvalue weighted by molar-refractivity contribution is 6.37. The van der Waals surface area contributed by atoms with Crippen LogP contribution >= 0.6 is 23.2 Å². The van der Waals surface area contributed by atoms with Crippen LogP contribution in [0.15, 0.2) is 54.6 Å². The third kappa shape index (κ3) is 4.54. The Kier molecular flexibility index (Phi) is 5.59. The summed E-state index contributed by atoms with van der Waals surface area (Å²) in [6.45, 7) is 1.99. The van der Waals surface area contributed by atoms with Gasteiger partial charge >= 0.3 is 5.97 Å². The second kappa shape index (κ2) is 7.91. The van der Waals surface area contributed by atoms with Gasteiger partial charge in [0, 0.05) is 5.56 Å². The first-order valence-corrected chi connectivity index (χ1v) is 8.86. The van der Waals surface area contributed by atoms with Gasteiger partial charge in [-0.1, -0.05) is 53.0 Å². The number of hydrogen-bond donors (Lipinski definition) is 2. The standard InChI is InChI=1S/C21H16Cl2O4/c1-12-2-4-14(5-3-12)16-11-15(6-7-19(16)24)27-21-17(22)8-13(9-18(21)23)10-20(25)26/h2-9,11,24H,10H2,1H3,(H,25,26). The second-order valence-corrected chi connectivity index (χ2v) is 6.92. The zero-order valence-electron chi connectivity index (χ0n) is 14.4. The minimum absolute atomic E-state index is 0.125. The molecule has 0 atom stereocenters. The number of phenols is 1. The monoisotopic (exact) mass is 402 g/mol. The Labute approximate surface area is 166 Å². The number of aromatic hydroxyl groups is 1. The van der Waals surface area contributed by atoms with E-state index in [9.17, 15) is 9.90 Å². The van der Waals surface area contributed by atoms with Gasteiger partial charge in [-0.15, -0.1) is 0 Å². The van der Waals surface area contributed by atoms with Crippen LogP contribution in [-0.2, 0) is 11.2 Å². The lowest BCUT2D eigenvalue weighted by molar-refractivity contribution is -0.136. The Morgan fingerprint density at radius 1 is 1.00 bits per heavy atom. The van der Waals surface area contributed by atoms with E-state index >= 15 is 0 Å². The third-order valence-electron chi connectivity index (χ3n) is 3.96. The number of aryl methyl sites for hydroxylation is 1. The number of ether oxygens (including phenoxy) is 1. The summed E-state index contributed by atoms with van der Waals surface area (Å²) in [5, 5.41) is 19.5. The summed E-state index contributed by atoms with van der Waals surface area (Å²) in [6.07, 6.45) is -0.184. The Bertz CT molecular complexity index is 975. The predicted octanol–water partition coefficient (Wildman–Crippen LogP) is 6.09. The lowest BCUT2D eigenvalue weighted by atomic mass is 10.0. The van der Waals surface area contributed by atoms with Crippen molar-refractivity contribution < 1.29 is 19.7 Å². The van der Waals surface area contributed by atoms with Crippen molar-refractivity contribution in [2.45, 2.75) is 13.3 Å². The summed E-state index contributed by atoms with van der Waals surface area (Å²) < 4.78 is 5.82. The Morgan fingerprint density at radius 3 is 2.22 bits per heavy atom. The third-order valence-corrected chi connectivity index (χ3v) is 4.53. The molecule has 0 aromatic heterocycles. The van der Waals surface area contributed by atoms with Crippen LogP contribution in [0.4, 0.5) is 0 Å². The molecule has 3 aromatic carbocycles. The first kappa shape index (κ1) is 19.1. The fourth-order valence-corrected chi connectivity index (χ4v) is 3.26. The molecule has 27 heavy (non-hydrogen) atoms. The van der Waals surface area contributed by atoms with Gasteiger partial charge in [-0.25, -0.2) is 0 Å². The van der Waals surface area contributed by atoms with Crippen molar-refractivity contribution in [1.82, 2.24) is 0 Å². The molecule has 138 valence electrons. The van der Waals surface area contributed by atoms with E-state index in [1.807, 2.05) is 31.2 Å². The fraction of sp³-hybridized carbons (Fsp3) is 0.0952. The average Bonchev–Trinajstić information content (AvgIpc) is 2.60. The van der Waals surface area contributed by atoms with Crippen LogP contribution in [0.5, 0.6) is 17.2 Å². The van der Waals surface area contributed by atoms with Crippen LogP contribution in [-0.4, -0.2) is 16.2 Å². The highest BCUT2D eigenvalue weighted by Crippen LogP contribution is 2.40. The van der Waals surface area contributed by atoms with Gasteiger partial charge in [0.2, 0.25) is 0 Å². The van der Waals surface area contributed by atoms with E-state index in [2.05, 4.69) is 0 Å². The summed E-state index contributed by atoms with van der Waals surface area (Å²) in [7, 11) is 0. The number of rotatable bonds is 5. The summed E-state index contributed by atoms with van der Waals surface area (Å²) in [6, 6.07) is 15.6. The van der Waals surface area contributed by atoms with Gasteiger partial charge in [0.1, 0.15) is 11.5 Å². The molecule has 0 aliphatic heterocycles. The van der Waals surface area contributed by atoms with Crippen molar-refractivity contribution in [3.05, 3.63) is 75.8 Å². The maximum absolute atomic E-state index is 10.9. The number of carboxylic acid groups (broad SMARTS) is 1. The van der Waals surface area contributed by atoms with Crippen LogP contribution in [0.1, 0.15) is 11.1 Å². The second-order valence-electron chi connectivity index (χ2n) is 6.11. The van der Waals surface area contributed by atoms with Crippen molar-refractivity contribution in [2.24, 2.45) is 0 Å². The molecule has 0 saturated carbocycles. The van der Waals surface area contributed by atoms with Crippen LogP contribution in [0.25, 0.3) is 11.1 Å². The van der Waals surface area contributed by atoms with Crippen molar-refractivity contribution in [3.8, 4) is 28.4 Å². The molecular formula is C21H16Cl2O4. The molecule has 0 amide bonds. The van der Waals surface area contributed by atoms with Crippen LogP contribution in [0.3, 0.4) is 0 Å². The van der Waals surface area contributed by atoms with Gasteiger partial charge in [-0.05, 0) is 48.4 Å². The lowest BCUT2D eigenvalue weighted by Gasteiger charge is -2.13. The largest absolute Gasteiger partial charge is 0.507 e. The molecule has 0 heterocycles. The molecule has 0 aliphatic carbocycles. The molecule has 4 nitrogen and oxygen atoms in total. The molecule has 2 N–H and O–H groups in total. The molecule has 0 radical (unpaired) electrons. The predicted molar refractivity (Wildman–Crippen MR) is 106 cm³/mol. The SMILES string of the molecule is Cc1ccc(-c2cc(Oc3c(Cl)cc(CC(=O)O)cc3Cl)ccc2O)cc1. The molecule has 3 aromatic rings. The highest BCUT2D eigenvalue weighted by Gasteiger charge is 2.14. The van der Waals surface area contributed by atoms with Gasteiger partial charge in [-0.3, -0.25) is 4.79 Å². The Hall–Kier alpha value is -2.69. The Morgan fingerprint density at radius 2 is 1.63 bits per heavy atom. The maximum atomic E-state index is 10.9. The minimum Gasteiger partial charge on any atom is -0.507 e. The number of halogens is 2. The molecule has 0 spiro atoms. The zero-order valence-corrected chi connectivity index (χ0v) is 15.9. The van der Waals surface area contributed by atoms with E-state index in [0.29, 0.717) is 16.9 Å². The van der Waals surface area contributed by atoms with E-state index in [1.54, 1.807) is 12.1 Å². The summed E-state index contributed by atoms with van der Waals surface area (Å²) >= 11 is 12.4. The molecule has 0 aliphatic rings. The van der Waals surface area contributed by atoms with E-state index in [1.165, 1.54) is 18.2 Å². The van der Waals surface area contributed by atoms with Crippen LogP contribution < -0.4 is 4.74 Å². The fourth-order valence-electron chi connectivity index (χ4n) is 2.65. The molecule has 0 fully saturated rings. The smallest absolute Gasteiger partial charge is 0.307 e. The highest BCUT2D eigenvalue weighted by atomic mass is 35.5. The van der Waals surface area contributed by atoms with Crippen molar-refractivity contribution in [2.75, 3.05) is 0 Å². The van der Waals surface area contributed by atoms with Gasteiger partial charge in [-0.2, -0.15) is 0 Å². The topological polar surface area (TPSA) is 66.8 Å². The number of carbonyl (C=O) groups is 1.